The van der Waals surface area contributed by atoms with Gasteiger partial charge in [-0.05, 0) is 55.2 Å². The molecule has 0 aliphatic carbocycles. The molecule has 3 nitrogen and oxygen atoms in total. The normalized spacial score (nSPS) is 11.8. The molecule has 0 bridgehead atoms. The first-order valence-electron chi connectivity index (χ1n) is 11.2. The Morgan fingerprint density at radius 1 is 0.793 bits per heavy atom. The molecule has 158 valence electrons. The van der Waals surface area contributed by atoms with Gasteiger partial charge < -0.3 is 9.47 Å². The Labute approximate surface area is 176 Å². The van der Waals surface area contributed by atoms with Gasteiger partial charge in [-0.25, -0.2) is 4.79 Å². The SMILES string of the molecule is CCCCCCCOc1ccc(-c2ccc(C(=O)O[C@@H](C)CCCC)cc2)cc1. The van der Waals surface area contributed by atoms with Crippen LogP contribution in [0.4, 0.5) is 0 Å². The molecule has 0 aliphatic rings. The minimum absolute atomic E-state index is 0.0404. The Morgan fingerprint density at radius 2 is 1.38 bits per heavy atom. The maximum atomic E-state index is 12.3. The van der Waals surface area contributed by atoms with Gasteiger partial charge in [0.05, 0.1) is 18.3 Å². The molecule has 3 heteroatoms. The molecule has 0 fully saturated rings. The molecule has 0 N–H and O–H groups in total. The number of rotatable bonds is 13. The van der Waals surface area contributed by atoms with Crippen LogP contribution in [0, 0.1) is 0 Å². The summed E-state index contributed by atoms with van der Waals surface area (Å²) in [5.74, 6) is 0.661. The Morgan fingerprint density at radius 3 is 2.00 bits per heavy atom. The number of carbonyl (C=O) groups excluding carboxylic acids is 1. The van der Waals surface area contributed by atoms with E-state index in [1.54, 1.807) is 0 Å². The molecule has 0 aromatic heterocycles. The van der Waals surface area contributed by atoms with Crippen LogP contribution in [-0.4, -0.2) is 18.7 Å². The van der Waals surface area contributed by atoms with Crippen molar-refractivity contribution in [3.8, 4) is 16.9 Å². The molecule has 0 aliphatic heterocycles. The van der Waals surface area contributed by atoms with Crippen LogP contribution in [0.25, 0.3) is 11.1 Å². The third-order valence-electron chi connectivity index (χ3n) is 5.10. The van der Waals surface area contributed by atoms with Crippen molar-refractivity contribution in [3.05, 3.63) is 54.1 Å². The second-order valence-electron chi connectivity index (χ2n) is 7.72. The molecular formula is C26H36O3. The Balaban J connectivity index is 1.83. The second-order valence-corrected chi connectivity index (χ2v) is 7.72. The zero-order valence-electron chi connectivity index (χ0n) is 18.3. The van der Waals surface area contributed by atoms with Crippen LogP contribution in [0.15, 0.2) is 48.5 Å². The lowest BCUT2D eigenvalue weighted by Crippen LogP contribution is -2.14. The van der Waals surface area contributed by atoms with Crippen LogP contribution in [-0.2, 0) is 4.74 Å². The number of esters is 1. The average Bonchev–Trinajstić information content (AvgIpc) is 2.75. The van der Waals surface area contributed by atoms with Crippen molar-refractivity contribution in [2.24, 2.45) is 0 Å². The van der Waals surface area contributed by atoms with Gasteiger partial charge in [-0.1, -0.05) is 76.6 Å². The number of hydrogen-bond donors (Lipinski definition) is 0. The van der Waals surface area contributed by atoms with Gasteiger partial charge >= 0.3 is 5.97 Å². The van der Waals surface area contributed by atoms with Gasteiger partial charge in [0.2, 0.25) is 0 Å². The largest absolute Gasteiger partial charge is 0.494 e. The zero-order chi connectivity index (χ0) is 20.9. The van der Waals surface area contributed by atoms with Gasteiger partial charge in [0.25, 0.3) is 0 Å². The summed E-state index contributed by atoms with van der Waals surface area (Å²) in [7, 11) is 0. The lowest BCUT2D eigenvalue weighted by Gasteiger charge is -2.13. The lowest BCUT2D eigenvalue weighted by molar-refractivity contribution is 0.0320. The highest BCUT2D eigenvalue weighted by atomic mass is 16.5. The summed E-state index contributed by atoms with van der Waals surface area (Å²) >= 11 is 0. The Bertz CT molecular complexity index is 704. The topological polar surface area (TPSA) is 35.5 Å². The highest BCUT2D eigenvalue weighted by Crippen LogP contribution is 2.23. The van der Waals surface area contributed by atoms with E-state index in [1.807, 2.05) is 43.3 Å². The Hall–Kier alpha value is -2.29. The zero-order valence-corrected chi connectivity index (χ0v) is 18.3. The predicted octanol–water partition coefficient (Wildman–Crippen LogP) is 7.44. The lowest BCUT2D eigenvalue weighted by atomic mass is 10.0. The van der Waals surface area contributed by atoms with Gasteiger partial charge in [0.15, 0.2) is 0 Å². The molecule has 0 saturated heterocycles. The average molecular weight is 397 g/mol. The van der Waals surface area contributed by atoms with Crippen LogP contribution >= 0.6 is 0 Å². The van der Waals surface area contributed by atoms with Crippen LogP contribution in [0.5, 0.6) is 5.75 Å². The fourth-order valence-corrected chi connectivity index (χ4v) is 3.24. The smallest absolute Gasteiger partial charge is 0.338 e. The molecule has 0 unspecified atom stereocenters. The summed E-state index contributed by atoms with van der Waals surface area (Å²) in [6, 6.07) is 15.8. The van der Waals surface area contributed by atoms with E-state index in [2.05, 4.69) is 26.0 Å². The first-order chi connectivity index (χ1) is 14.1. The summed E-state index contributed by atoms with van der Waals surface area (Å²) in [4.78, 5) is 12.3. The number of benzene rings is 2. The maximum Gasteiger partial charge on any atom is 0.338 e. The first-order valence-corrected chi connectivity index (χ1v) is 11.2. The van der Waals surface area contributed by atoms with Crippen molar-refractivity contribution in [3.63, 3.8) is 0 Å². The molecular weight excluding hydrogens is 360 g/mol. The van der Waals surface area contributed by atoms with E-state index < -0.39 is 0 Å². The predicted molar refractivity (Wildman–Crippen MR) is 121 cm³/mol. The molecule has 0 heterocycles. The van der Waals surface area contributed by atoms with Crippen molar-refractivity contribution in [1.82, 2.24) is 0 Å². The van der Waals surface area contributed by atoms with E-state index in [-0.39, 0.29) is 12.1 Å². The molecule has 0 saturated carbocycles. The van der Waals surface area contributed by atoms with Gasteiger partial charge in [-0.2, -0.15) is 0 Å². The van der Waals surface area contributed by atoms with Crippen LogP contribution in [0.3, 0.4) is 0 Å². The van der Waals surface area contributed by atoms with E-state index in [9.17, 15) is 4.79 Å². The highest BCUT2D eigenvalue weighted by molar-refractivity contribution is 5.90. The number of carbonyl (C=O) groups is 1. The van der Waals surface area contributed by atoms with Crippen molar-refractivity contribution in [1.29, 1.82) is 0 Å². The second kappa shape index (κ2) is 13.0. The van der Waals surface area contributed by atoms with E-state index in [4.69, 9.17) is 9.47 Å². The summed E-state index contributed by atoms with van der Waals surface area (Å²) in [5, 5.41) is 0. The van der Waals surface area contributed by atoms with Crippen LogP contribution in [0.1, 0.15) is 82.5 Å². The maximum absolute atomic E-state index is 12.3. The van der Waals surface area contributed by atoms with Gasteiger partial charge in [0.1, 0.15) is 5.75 Å². The van der Waals surface area contributed by atoms with Gasteiger partial charge in [-0.15, -0.1) is 0 Å². The minimum Gasteiger partial charge on any atom is -0.494 e. The number of unbranched alkanes of at least 4 members (excludes halogenated alkanes) is 5. The highest BCUT2D eigenvalue weighted by Gasteiger charge is 2.12. The van der Waals surface area contributed by atoms with Gasteiger partial charge in [-0.3, -0.25) is 0 Å². The van der Waals surface area contributed by atoms with E-state index in [0.717, 1.165) is 49.2 Å². The molecule has 1 atom stereocenters. The van der Waals surface area contributed by atoms with E-state index in [0.29, 0.717) is 5.56 Å². The molecule has 0 spiro atoms. The Kier molecular flexibility index (Phi) is 10.3. The van der Waals surface area contributed by atoms with Gasteiger partial charge in [0, 0.05) is 0 Å². The summed E-state index contributed by atoms with van der Waals surface area (Å²) in [6.07, 6.45) is 9.26. The van der Waals surface area contributed by atoms with Crippen molar-refractivity contribution >= 4 is 5.97 Å². The molecule has 0 amide bonds. The molecule has 0 radical (unpaired) electrons. The standard InChI is InChI=1S/C26H36O3/c1-4-6-8-9-10-20-28-25-18-16-23(17-19-25)22-12-14-24(15-13-22)26(27)29-21(3)11-7-5-2/h12-19,21H,4-11,20H2,1-3H3/t21-/m0/s1. The van der Waals surface area contributed by atoms with E-state index in [1.165, 1.54) is 25.7 Å². The minimum atomic E-state index is -0.247. The monoisotopic (exact) mass is 396 g/mol. The molecule has 29 heavy (non-hydrogen) atoms. The van der Waals surface area contributed by atoms with E-state index >= 15 is 0 Å². The number of ether oxygens (including phenoxy) is 2. The van der Waals surface area contributed by atoms with Crippen LogP contribution < -0.4 is 4.74 Å². The van der Waals surface area contributed by atoms with Crippen molar-refractivity contribution in [2.75, 3.05) is 6.61 Å². The molecule has 2 aromatic carbocycles. The third-order valence-corrected chi connectivity index (χ3v) is 5.10. The summed E-state index contributed by atoms with van der Waals surface area (Å²) in [6.45, 7) is 7.10. The fraction of sp³-hybridized carbons (Fsp3) is 0.500. The molecule has 2 aromatic rings. The fourth-order valence-electron chi connectivity index (χ4n) is 3.24. The van der Waals surface area contributed by atoms with Crippen LogP contribution in [0.2, 0.25) is 0 Å². The van der Waals surface area contributed by atoms with Crippen molar-refractivity contribution < 1.29 is 14.3 Å². The summed E-state index contributed by atoms with van der Waals surface area (Å²) < 4.78 is 11.3. The summed E-state index contributed by atoms with van der Waals surface area (Å²) in [5.41, 5.74) is 2.78. The van der Waals surface area contributed by atoms with Crippen molar-refractivity contribution in [2.45, 2.75) is 78.2 Å². The molecule has 2 rings (SSSR count). The number of hydrogen-bond acceptors (Lipinski definition) is 3. The quantitative estimate of drug-likeness (QED) is 0.261. The first kappa shape index (κ1) is 23.0. The third kappa shape index (κ3) is 8.31.